The van der Waals surface area contributed by atoms with Crippen LogP contribution in [-0.2, 0) is 9.59 Å². The van der Waals surface area contributed by atoms with Crippen molar-refractivity contribution in [3.05, 3.63) is 36.0 Å². The minimum Gasteiger partial charge on any atom is -0.290 e. The quantitative estimate of drug-likeness (QED) is 0.578. The van der Waals surface area contributed by atoms with Gasteiger partial charge in [-0.05, 0) is 24.6 Å². The monoisotopic (exact) mass is 162 g/mol. The van der Waals surface area contributed by atoms with Gasteiger partial charge < -0.3 is 0 Å². The Morgan fingerprint density at radius 2 is 2.08 bits per heavy atom. The van der Waals surface area contributed by atoms with Crippen molar-refractivity contribution in [1.29, 1.82) is 0 Å². The van der Waals surface area contributed by atoms with Crippen molar-refractivity contribution >= 4 is 11.6 Å². The van der Waals surface area contributed by atoms with Gasteiger partial charge in [0.15, 0.2) is 11.6 Å². The maximum absolute atomic E-state index is 11.1. The highest BCUT2D eigenvalue weighted by molar-refractivity contribution is 6.18. The minimum absolute atomic E-state index is 0.0979. The van der Waals surface area contributed by atoms with Crippen molar-refractivity contribution in [2.24, 2.45) is 0 Å². The summed E-state index contributed by atoms with van der Waals surface area (Å²) in [7, 11) is 0. The molecule has 1 aliphatic rings. The number of rotatable bonds is 2. The third kappa shape index (κ3) is 2.02. The van der Waals surface area contributed by atoms with E-state index in [0.717, 1.165) is 6.42 Å². The van der Waals surface area contributed by atoms with E-state index in [9.17, 15) is 9.59 Å². The van der Waals surface area contributed by atoms with Gasteiger partial charge in [0.1, 0.15) is 0 Å². The SMILES string of the molecule is CC/C=C\C1=CC(=O)C=CC1=O. The zero-order valence-corrected chi connectivity index (χ0v) is 6.91. The van der Waals surface area contributed by atoms with Gasteiger partial charge in [-0.1, -0.05) is 19.1 Å². The average Bonchev–Trinajstić information content (AvgIpc) is 2.07. The van der Waals surface area contributed by atoms with Gasteiger partial charge in [0, 0.05) is 5.57 Å². The lowest BCUT2D eigenvalue weighted by atomic mass is 10.0. The van der Waals surface area contributed by atoms with Gasteiger partial charge in [-0.25, -0.2) is 0 Å². The zero-order chi connectivity index (χ0) is 8.97. The molecule has 0 bridgehead atoms. The molecule has 0 saturated carbocycles. The largest absolute Gasteiger partial charge is 0.290 e. The zero-order valence-electron chi connectivity index (χ0n) is 6.91. The van der Waals surface area contributed by atoms with Crippen LogP contribution in [0.3, 0.4) is 0 Å². The summed E-state index contributed by atoms with van der Waals surface area (Å²) in [4.78, 5) is 21.9. The summed E-state index contributed by atoms with van der Waals surface area (Å²) in [5.41, 5.74) is 0.476. The van der Waals surface area contributed by atoms with Gasteiger partial charge in [0.25, 0.3) is 0 Å². The molecule has 12 heavy (non-hydrogen) atoms. The number of hydrogen-bond donors (Lipinski definition) is 0. The Morgan fingerprint density at radius 1 is 1.33 bits per heavy atom. The molecule has 0 radical (unpaired) electrons. The van der Waals surface area contributed by atoms with Crippen molar-refractivity contribution < 1.29 is 9.59 Å². The molecule has 1 rings (SSSR count). The smallest absolute Gasteiger partial charge is 0.186 e. The van der Waals surface area contributed by atoms with Crippen molar-refractivity contribution in [2.45, 2.75) is 13.3 Å². The lowest BCUT2D eigenvalue weighted by Gasteiger charge is -1.99. The highest BCUT2D eigenvalue weighted by Gasteiger charge is 2.09. The van der Waals surface area contributed by atoms with Crippen LogP contribution in [0.15, 0.2) is 36.0 Å². The Balaban J connectivity index is 2.81. The molecule has 0 amide bonds. The van der Waals surface area contributed by atoms with E-state index in [2.05, 4.69) is 0 Å². The van der Waals surface area contributed by atoms with Crippen molar-refractivity contribution in [1.82, 2.24) is 0 Å². The van der Waals surface area contributed by atoms with Crippen molar-refractivity contribution in [3.8, 4) is 0 Å². The summed E-state index contributed by atoms with van der Waals surface area (Å²) >= 11 is 0. The fourth-order valence-electron chi connectivity index (χ4n) is 0.902. The second-order valence-corrected chi connectivity index (χ2v) is 2.51. The van der Waals surface area contributed by atoms with E-state index in [1.165, 1.54) is 18.2 Å². The van der Waals surface area contributed by atoms with E-state index in [0.29, 0.717) is 5.57 Å². The molecular formula is C10H10O2. The highest BCUT2D eigenvalue weighted by atomic mass is 16.1. The summed E-state index contributed by atoms with van der Waals surface area (Å²) < 4.78 is 0. The number of carbonyl (C=O) groups excluding carboxylic acids is 2. The van der Waals surface area contributed by atoms with E-state index in [1.807, 2.05) is 13.0 Å². The lowest BCUT2D eigenvalue weighted by Crippen LogP contribution is -2.05. The average molecular weight is 162 g/mol. The van der Waals surface area contributed by atoms with Crippen LogP contribution in [0.4, 0.5) is 0 Å². The maximum atomic E-state index is 11.1. The maximum Gasteiger partial charge on any atom is 0.186 e. The molecule has 0 unspecified atom stereocenters. The van der Waals surface area contributed by atoms with Gasteiger partial charge >= 0.3 is 0 Å². The second-order valence-electron chi connectivity index (χ2n) is 2.51. The Hall–Kier alpha value is -1.44. The third-order valence-electron chi connectivity index (χ3n) is 1.51. The fraction of sp³-hybridized carbons (Fsp3) is 0.200. The molecule has 2 heteroatoms. The summed E-state index contributed by atoms with van der Waals surface area (Å²) in [5.74, 6) is -0.218. The van der Waals surface area contributed by atoms with Crippen LogP contribution in [0.5, 0.6) is 0 Å². The molecule has 0 atom stereocenters. The first-order chi connectivity index (χ1) is 5.74. The van der Waals surface area contributed by atoms with Crippen LogP contribution in [0.2, 0.25) is 0 Å². The molecule has 2 nitrogen and oxygen atoms in total. The first kappa shape index (κ1) is 8.65. The minimum atomic E-state index is -0.120. The summed E-state index contributed by atoms with van der Waals surface area (Å²) in [6.45, 7) is 1.97. The van der Waals surface area contributed by atoms with Crippen molar-refractivity contribution in [2.75, 3.05) is 0 Å². The Kier molecular flexibility index (Phi) is 2.75. The molecule has 0 fully saturated rings. The van der Waals surface area contributed by atoms with Gasteiger partial charge in [0.2, 0.25) is 0 Å². The van der Waals surface area contributed by atoms with Gasteiger partial charge in [-0.15, -0.1) is 0 Å². The van der Waals surface area contributed by atoms with E-state index in [1.54, 1.807) is 6.08 Å². The molecule has 0 aromatic rings. The Morgan fingerprint density at radius 3 is 2.75 bits per heavy atom. The lowest BCUT2D eigenvalue weighted by molar-refractivity contribution is -0.114. The number of carbonyl (C=O) groups is 2. The molecule has 0 saturated heterocycles. The van der Waals surface area contributed by atoms with Crippen LogP contribution >= 0.6 is 0 Å². The standard InChI is InChI=1S/C10H10O2/c1-2-3-4-8-7-9(11)5-6-10(8)12/h3-7H,2H2,1H3/b4-3-. The first-order valence-corrected chi connectivity index (χ1v) is 3.88. The fourth-order valence-corrected chi connectivity index (χ4v) is 0.902. The molecular weight excluding hydrogens is 152 g/mol. The predicted octanol–water partition coefficient (Wildman–Crippen LogP) is 1.59. The van der Waals surface area contributed by atoms with E-state index >= 15 is 0 Å². The van der Waals surface area contributed by atoms with Gasteiger partial charge in [0.05, 0.1) is 0 Å². The van der Waals surface area contributed by atoms with E-state index in [4.69, 9.17) is 0 Å². The molecule has 0 N–H and O–H groups in total. The van der Waals surface area contributed by atoms with E-state index < -0.39 is 0 Å². The van der Waals surface area contributed by atoms with E-state index in [-0.39, 0.29) is 11.6 Å². The van der Waals surface area contributed by atoms with Gasteiger partial charge in [-0.3, -0.25) is 9.59 Å². The summed E-state index contributed by atoms with van der Waals surface area (Å²) in [6.07, 6.45) is 8.35. The van der Waals surface area contributed by atoms with Gasteiger partial charge in [-0.2, -0.15) is 0 Å². The molecule has 0 aliphatic heterocycles. The highest BCUT2D eigenvalue weighted by Crippen LogP contribution is 2.06. The Bertz CT molecular complexity index is 293. The number of hydrogen-bond acceptors (Lipinski definition) is 2. The summed E-state index contributed by atoms with van der Waals surface area (Å²) in [6, 6.07) is 0. The van der Waals surface area contributed by atoms with Crippen LogP contribution in [-0.4, -0.2) is 11.6 Å². The molecule has 0 aromatic carbocycles. The molecule has 0 aromatic heterocycles. The molecule has 1 aliphatic carbocycles. The predicted molar refractivity (Wildman–Crippen MR) is 46.7 cm³/mol. The molecule has 0 heterocycles. The second kappa shape index (κ2) is 3.81. The summed E-state index contributed by atoms with van der Waals surface area (Å²) in [5, 5.41) is 0. The van der Waals surface area contributed by atoms with Crippen molar-refractivity contribution in [3.63, 3.8) is 0 Å². The molecule has 0 spiro atoms. The topological polar surface area (TPSA) is 34.1 Å². The third-order valence-corrected chi connectivity index (χ3v) is 1.51. The first-order valence-electron chi connectivity index (χ1n) is 3.88. The van der Waals surface area contributed by atoms with Crippen LogP contribution < -0.4 is 0 Å². The van der Waals surface area contributed by atoms with Crippen LogP contribution in [0.1, 0.15) is 13.3 Å². The van der Waals surface area contributed by atoms with Crippen LogP contribution in [0, 0.1) is 0 Å². The Labute approximate surface area is 71.3 Å². The molecule has 62 valence electrons. The van der Waals surface area contributed by atoms with Crippen LogP contribution in [0.25, 0.3) is 0 Å². The number of ketones is 2. The number of allylic oxidation sites excluding steroid dienone is 6. The normalized spacial score (nSPS) is 17.2.